The lowest BCUT2D eigenvalue weighted by Crippen LogP contribution is -2.15. The van der Waals surface area contributed by atoms with Gasteiger partial charge in [0.1, 0.15) is 23.2 Å². The van der Waals surface area contributed by atoms with Crippen molar-refractivity contribution in [3.63, 3.8) is 0 Å². The first-order valence-electron chi connectivity index (χ1n) is 8.49. The fourth-order valence-corrected chi connectivity index (χ4v) is 2.90. The van der Waals surface area contributed by atoms with E-state index >= 15 is 0 Å². The third-order valence-corrected chi connectivity index (χ3v) is 4.50. The lowest BCUT2D eigenvalue weighted by atomic mass is 9.98. The molecule has 8 heteroatoms. The number of carboxylic acids is 1. The molecular weight excluding hydrogens is 334 g/mol. The van der Waals surface area contributed by atoms with Crippen molar-refractivity contribution in [1.82, 2.24) is 19.7 Å². The van der Waals surface area contributed by atoms with E-state index < -0.39 is 11.9 Å². The Morgan fingerprint density at radius 1 is 1.38 bits per heavy atom. The van der Waals surface area contributed by atoms with Crippen LogP contribution in [0.4, 0.5) is 5.82 Å². The van der Waals surface area contributed by atoms with Crippen molar-refractivity contribution in [2.75, 3.05) is 5.73 Å². The number of nitrogens with two attached hydrogens (primary N) is 1. The summed E-state index contributed by atoms with van der Waals surface area (Å²) in [6.45, 7) is 0.499. The number of anilines is 1. The van der Waals surface area contributed by atoms with Gasteiger partial charge in [0.2, 0.25) is 0 Å². The lowest BCUT2D eigenvalue weighted by Gasteiger charge is -2.09. The zero-order valence-corrected chi connectivity index (χ0v) is 14.1. The summed E-state index contributed by atoms with van der Waals surface area (Å²) >= 11 is 0. The molecule has 0 amide bonds. The molecule has 0 aliphatic heterocycles. The van der Waals surface area contributed by atoms with Crippen molar-refractivity contribution in [3.05, 3.63) is 59.6 Å². The standard InChI is InChI=1S/C18H19N5O3/c19-17-4-1-11(7-20-17)5-14(18(24)25)15-9-23(10-21-15)8-13-6-16(26-22-13)12-2-3-12/h1,4,6-7,9-10,12,14H,2-3,5,8H2,(H2,19,20)(H,24,25). The maximum atomic E-state index is 11.7. The third-order valence-electron chi connectivity index (χ3n) is 4.50. The number of pyridine rings is 1. The number of rotatable bonds is 7. The quantitative estimate of drug-likeness (QED) is 0.668. The van der Waals surface area contributed by atoms with E-state index in [0.717, 1.165) is 29.9 Å². The largest absolute Gasteiger partial charge is 0.481 e. The molecule has 0 radical (unpaired) electrons. The zero-order valence-electron chi connectivity index (χ0n) is 14.1. The summed E-state index contributed by atoms with van der Waals surface area (Å²) in [7, 11) is 0. The molecule has 0 saturated heterocycles. The van der Waals surface area contributed by atoms with Crippen LogP contribution in [0.2, 0.25) is 0 Å². The molecule has 1 aliphatic carbocycles. The Balaban J connectivity index is 1.48. The Morgan fingerprint density at radius 3 is 2.92 bits per heavy atom. The van der Waals surface area contributed by atoms with Crippen LogP contribution in [-0.2, 0) is 17.8 Å². The molecule has 0 spiro atoms. The fourth-order valence-electron chi connectivity index (χ4n) is 2.90. The second-order valence-electron chi connectivity index (χ2n) is 6.65. The van der Waals surface area contributed by atoms with Gasteiger partial charge in [-0.25, -0.2) is 9.97 Å². The number of carbonyl (C=O) groups is 1. The first-order valence-corrected chi connectivity index (χ1v) is 8.49. The molecule has 1 fully saturated rings. The minimum Gasteiger partial charge on any atom is -0.481 e. The maximum absolute atomic E-state index is 11.7. The highest BCUT2D eigenvalue weighted by Gasteiger charge is 2.28. The van der Waals surface area contributed by atoms with E-state index in [1.54, 1.807) is 30.9 Å². The molecule has 3 aromatic rings. The molecule has 1 saturated carbocycles. The van der Waals surface area contributed by atoms with Gasteiger partial charge in [-0.15, -0.1) is 0 Å². The van der Waals surface area contributed by atoms with Crippen LogP contribution in [0.1, 0.15) is 47.4 Å². The molecule has 4 rings (SSSR count). The molecule has 0 bridgehead atoms. The lowest BCUT2D eigenvalue weighted by molar-refractivity contribution is -0.138. The molecule has 1 unspecified atom stereocenters. The van der Waals surface area contributed by atoms with Crippen LogP contribution in [-0.4, -0.2) is 30.8 Å². The van der Waals surface area contributed by atoms with E-state index in [0.29, 0.717) is 30.4 Å². The van der Waals surface area contributed by atoms with Crippen molar-refractivity contribution >= 4 is 11.8 Å². The fraction of sp³-hybridized carbons (Fsp3) is 0.333. The molecule has 134 valence electrons. The summed E-state index contributed by atoms with van der Waals surface area (Å²) in [6, 6.07) is 5.41. The highest BCUT2D eigenvalue weighted by molar-refractivity contribution is 5.75. The summed E-state index contributed by atoms with van der Waals surface area (Å²) < 4.78 is 7.17. The Kier molecular flexibility index (Phi) is 4.16. The summed E-state index contributed by atoms with van der Waals surface area (Å²) in [6.07, 6.45) is 7.58. The molecule has 26 heavy (non-hydrogen) atoms. The number of hydrogen-bond acceptors (Lipinski definition) is 6. The van der Waals surface area contributed by atoms with Crippen LogP contribution in [0.5, 0.6) is 0 Å². The third kappa shape index (κ3) is 3.58. The highest BCUT2D eigenvalue weighted by Crippen LogP contribution is 2.40. The predicted molar refractivity (Wildman–Crippen MR) is 92.5 cm³/mol. The van der Waals surface area contributed by atoms with E-state index in [4.69, 9.17) is 10.3 Å². The van der Waals surface area contributed by atoms with E-state index in [-0.39, 0.29) is 0 Å². The Hall–Kier alpha value is -3.16. The van der Waals surface area contributed by atoms with Gasteiger partial charge in [-0.1, -0.05) is 11.2 Å². The number of aromatic nitrogens is 4. The number of carboxylic acid groups (broad SMARTS) is 1. The average Bonchev–Trinajstić information content (AvgIpc) is 3.20. The minimum atomic E-state index is -0.926. The van der Waals surface area contributed by atoms with Gasteiger partial charge in [-0.2, -0.15) is 0 Å². The van der Waals surface area contributed by atoms with Crippen LogP contribution in [0.25, 0.3) is 0 Å². The summed E-state index contributed by atoms with van der Waals surface area (Å²) in [4.78, 5) is 20.0. The number of nitrogens with zero attached hydrogens (tertiary/aromatic N) is 4. The number of nitrogen functional groups attached to an aromatic ring is 1. The summed E-state index contributed by atoms with van der Waals surface area (Å²) in [5.41, 5.74) is 7.68. The van der Waals surface area contributed by atoms with Crippen molar-refractivity contribution in [1.29, 1.82) is 0 Å². The Morgan fingerprint density at radius 2 is 2.23 bits per heavy atom. The first-order chi connectivity index (χ1) is 12.6. The van der Waals surface area contributed by atoms with Crippen LogP contribution in [0.15, 0.2) is 41.4 Å². The first kappa shape index (κ1) is 16.3. The van der Waals surface area contributed by atoms with E-state index in [2.05, 4.69) is 15.1 Å². The van der Waals surface area contributed by atoms with Crippen LogP contribution >= 0.6 is 0 Å². The second kappa shape index (κ2) is 6.62. The van der Waals surface area contributed by atoms with Crippen molar-refractivity contribution in [3.8, 4) is 0 Å². The Labute approximate surface area is 149 Å². The van der Waals surface area contributed by atoms with Gasteiger partial charge >= 0.3 is 5.97 Å². The smallest absolute Gasteiger partial charge is 0.312 e. The average molecular weight is 353 g/mol. The number of imidazole rings is 1. The summed E-state index contributed by atoms with van der Waals surface area (Å²) in [5, 5.41) is 13.7. The van der Waals surface area contributed by atoms with Crippen molar-refractivity contribution in [2.45, 2.75) is 37.6 Å². The molecule has 3 aromatic heterocycles. The van der Waals surface area contributed by atoms with Gasteiger partial charge in [0.05, 0.1) is 18.6 Å². The molecular formula is C18H19N5O3. The second-order valence-corrected chi connectivity index (χ2v) is 6.65. The topological polar surface area (TPSA) is 120 Å². The normalized spacial score (nSPS) is 15.1. The molecule has 8 nitrogen and oxygen atoms in total. The van der Waals surface area contributed by atoms with Gasteiger partial charge in [0, 0.05) is 24.4 Å². The van der Waals surface area contributed by atoms with Gasteiger partial charge in [0.25, 0.3) is 0 Å². The summed E-state index contributed by atoms with van der Waals surface area (Å²) in [5.74, 6) is 0.174. The van der Waals surface area contributed by atoms with Crippen LogP contribution < -0.4 is 5.73 Å². The maximum Gasteiger partial charge on any atom is 0.312 e. The molecule has 3 heterocycles. The van der Waals surface area contributed by atoms with Crippen LogP contribution in [0, 0.1) is 0 Å². The number of hydrogen-bond donors (Lipinski definition) is 2. The zero-order chi connectivity index (χ0) is 18.1. The van der Waals surface area contributed by atoms with Crippen molar-refractivity contribution in [2.24, 2.45) is 0 Å². The van der Waals surface area contributed by atoms with Gasteiger partial charge in [-0.3, -0.25) is 4.79 Å². The van der Waals surface area contributed by atoms with Crippen LogP contribution in [0.3, 0.4) is 0 Å². The monoisotopic (exact) mass is 353 g/mol. The van der Waals surface area contributed by atoms with Gasteiger partial charge in [0.15, 0.2) is 0 Å². The molecule has 1 atom stereocenters. The SMILES string of the molecule is Nc1ccc(CC(C(=O)O)c2cn(Cc3cc(C4CC4)on3)cn2)cn1. The van der Waals surface area contributed by atoms with Crippen molar-refractivity contribution < 1.29 is 14.4 Å². The van der Waals surface area contributed by atoms with E-state index in [1.165, 1.54) is 0 Å². The Bertz CT molecular complexity index is 911. The molecule has 0 aromatic carbocycles. The van der Waals surface area contributed by atoms with E-state index in [9.17, 15) is 9.90 Å². The molecule has 1 aliphatic rings. The number of aliphatic carboxylic acids is 1. The molecule has 3 N–H and O–H groups in total. The minimum absolute atomic E-state index is 0.301. The van der Waals surface area contributed by atoms with E-state index in [1.807, 2.05) is 10.6 Å². The van der Waals surface area contributed by atoms with Gasteiger partial charge in [-0.05, 0) is 30.9 Å². The highest BCUT2D eigenvalue weighted by atomic mass is 16.5. The predicted octanol–water partition coefficient (Wildman–Crippen LogP) is 2.18. The van der Waals surface area contributed by atoms with Gasteiger partial charge < -0.3 is 19.9 Å².